The average Bonchev–Trinajstić information content (AvgIpc) is 2.54. The second-order valence-corrected chi connectivity index (χ2v) is 5.62. The van der Waals surface area contributed by atoms with Crippen molar-refractivity contribution in [3.05, 3.63) is 59.2 Å². The zero-order valence-electron chi connectivity index (χ0n) is 12.7. The molecule has 2 aromatic carbocycles. The number of anilines is 1. The van der Waals surface area contributed by atoms with E-state index in [1.165, 1.54) is 16.7 Å². The van der Waals surface area contributed by atoms with Crippen molar-refractivity contribution < 1.29 is 4.74 Å². The summed E-state index contributed by atoms with van der Waals surface area (Å²) in [6.45, 7) is 4.22. The lowest BCUT2D eigenvalue weighted by atomic mass is 9.95. The summed E-state index contributed by atoms with van der Waals surface area (Å²) in [5, 5.41) is 0. The van der Waals surface area contributed by atoms with Crippen molar-refractivity contribution in [2.75, 3.05) is 19.4 Å². The number of benzene rings is 2. The van der Waals surface area contributed by atoms with Crippen molar-refractivity contribution in [3.8, 4) is 5.75 Å². The van der Waals surface area contributed by atoms with Crippen LogP contribution in [-0.2, 0) is 13.0 Å². The minimum Gasteiger partial charge on any atom is -0.496 e. The maximum Gasteiger partial charge on any atom is 0.123 e. The Morgan fingerprint density at radius 1 is 1.14 bits per heavy atom. The zero-order valence-corrected chi connectivity index (χ0v) is 12.7. The van der Waals surface area contributed by atoms with E-state index in [0.29, 0.717) is 6.04 Å². The number of nitrogens with zero attached hydrogens (tertiary/aromatic N) is 1. The summed E-state index contributed by atoms with van der Waals surface area (Å²) in [6, 6.07) is 14.8. The van der Waals surface area contributed by atoms with Gasteiger partial charge in [0.2, 0.25) is 0 Å². The fourth-order valence-corrected chi connectivity index (χ4v) is 3.20. The van der Waals surface area contributed by atoms with Gasteiger partial charge in [-0.2, -0.15) is 0 Å². The van der Waals surface area contributed by atoms with E-state index in [1.54, 1.807) is 7.11 Å². The summed E-state index contributed by atoms with van der Waals surface area (Å²) in [5.74, 6) is 0.961. The highest BCUT2D eigenvalue weighted by Gasteiger charge is 2.24. The number of ether oxygens (including phenoxy) is 1. The minimum absolute atomic E-state index is 0.329. The summed E-state index contributed by atoms with van der Waals surface area (Å²) in [4.78, 5) is 2.49. The van der Waals surface area contributed by atoms with Crippen LogP contribution in [0.5, 0.6) is 5.75 Å². The monoisotopic (exact) mass is 282 g/mol. The lowest BCUT2D eigenvalue weighted by Crippen LogP contribution is -2.33. The van der Waals surface area contributed by atoms with Gasteiger partial charge in [-0.05, 0) is 36.6 Å². The molecule has 3 heteroatoms. The first-order chi connectivity index (χ1) is 10.2. The van der Waals surface area contributed by atoms with Crippen molar-refractivity contribution in [1.82, 2.24) is 4.90 Å². The van der Waals surface area contributed by atoms with Crippen LogP contribution in [0, 0.1) is 0 Å². The molecule has 1 heterocycles. The lowest BCUT2D eigenvalue weighted by Gasteiger charge is -2.34. The molecule has 1 aliphatic rings. The van der Waals surface area contributed by atoms with Gasteiger partial charge in [-0.1, -0.05) is 30.3 Å². The van der Waals surface area contributed by atoms with Gasteiger partial charge in [0.05, 0.1) is 7.11 Å². The molecular weight excluding hydrogens is 260 g/mol. The smallest absolute Gasteiger partial charge is 0.123 e. The van der Waals surface area contributed by atoms with Crippen molar-refractivity contribution in [2.24, 2.45) is 0 Å². The lowest BCUT2D eigenvalue weighted by molar-refractivity contribution is 0.189. The first-order valence-corrected chi connectivity index (χ1v) is 7.44. The minimum atomic E-state index is 0.329. The number of methoxy groups -OCH3 is 1. The number of hydrogen-bond acceptors (Lipinski definition) is 3. The first-order valence-electron chi connectivity index (χ1n) is 7.44. The topological polar surface area (TPSA) is 38.5 Å². The van der Waals surface area contributed by atoms with Crippen LogP contribution in [0.2, 0.25) is 0 Å². The number of hydrogen-bond donors (Lipinski definition) is 1. The molecule has 0 spiro atoms. The van der Waals surface area contributed by atoms with Gasteiger partial charge in [0.1, 0.15) is 5.75 Å². The van der Waals surface area contributed by atoms with E-state index in [4.69, 9.17) is 10.5 Å². The van der Waals surface area contributed by atoms with E-state index in [2.05, 4.69) is 30.0 Å². The Balaban J connectivity index is 1.86. The fourth-order valence-electron chi connectivity index (χ4n) is 3.20. The molecule has 21 heavy (non-hydrogen) atoms. The number of fused-ring (bicyclic) bond motifs is 1. The van der Waals surface area contributed by atoms with Crippen molar-refractivity contribution >= 4 is 5.69 Å². The molecule has 0 bridgehead atoms. The molecule has 2 aromatic rings. The molecule has 1 aliphatic heterocycles. The molecule has 0 amide bonds. The fraction of sp³-hybridized carbons (Fsp3) is 0.333. The number of nitrogen functional groups attached to an aromatic ring is 1. The maximum atomic E-state index is 6.08. The number of nitrogens with two attached hydrogens (primary N) is 1. The Morgan fingerprint density at radius 2 is 1.95 bits per heavy atom. The highest BCUT2D eigenvalue weighted by molar-refractivity contribution is 5.52. The van der Waals surface area contributed by atoms with Gasteiger partial charge in [-0.15, -0.1) is 0 Å². The SMILES string of the molecule is COc1ccccc1C(C)N1CCc2c(N)cccc2C1. The third-order valence-electron chi connectivity index (χ3n) is 4.47. The Labute approximate surface area is 126 Å². The predicted molar refractivity (Wildman–Crippen MR) is 86.4 cm³/mol. The molecule has 0 aromatic heterocycles. The van der Waals surface area contributed by atoms with Gasteiger partial charge in [0.15, 0.2) is 0 Å². The summed E-state index contributed by atoms with van der Waals surface area (Å²) in [7, 11) is 1.73. The van der Waals surface area contributed by atoms with Crippen LogP contribution < -0.4 is 10.5 Å². The van der Waals surface area contributed by atoms with Crippen molar-refractivity contribution in [1.29, 1.82) is 0 Å². The molecule has 1 atom stereocenters. The molecule has 3 rings (SSSR count). The zero-order chi connectivity index (χ0) is 14.8. The number of rotatable bonds is 3. The van der Waals surface area contributed by atoms with Gasteiger partial charge in [-0.25, -0.2) is 0 Å². The quantitative estimate of drug-likeness (QED) is 0.877. The van der Waals surface area contributed by atoms with Crippen molar-refractivity contribution in [3.63, 3.8) is 0 Å². The molecule has 0 saturated heterocycles. The van der Waals surface area contributed by atoms with E-state index in [-0.39, 0.29) is 0 Å². The summed E-state index contributed by atoms with van der Waals surface area (Å²) in [6.07, 6.45) is 1.02. The molecule has 110 valence electrons. The van der Waals surface area contributed by atoms with Crippen LogP contribution in [0.1, 0.15) is 29.7 Å². The Kier molecular flexibility index (Phi) is 3.84. The molecule has 3 nitrogen and oxygen atoms in total. The van der Waals surface area contributed by atoms with E-state index >= 15 is 0 Å². The maximum absolute atomic E-state index is 6.08. The Hall–Kier alpha value is -2.00. The first kappa shape index (κ1) is 14.0. The summed E-state index contributed by atoms with van der Waals surface area (Å²) >= 11 is 0. The van der Waals surface area contributed by atoms with E-state index < -0.39 is 0 Å². The molecule has 0 radical (unpaired) electrons. The second kappa shape index (κ2) is 5.78. The molecular formula is C18H22N2O. The Bertz CT molecular complexity index is 639. The molecule has 0 fully saturated rings. The largest absolute Gasteiger partial charge is 0.496 e. The summed E-state index contributed by atoms with van der Waals surface area (Å²) < 4.78 is 5.50. The van der Waals surface area contributed by atoms with E-state index in [9.17, 15) is 0 Å². The van der Waals surface area contributed by atoms with Gasteiger partial charge in [0, 0.05) is 30.4 Å². The highest BCUT2D eigenvalue weighted by atomic mass is 16.5. The highest BCUT2D eigenvalue weighted by Crippen LogP contribution is 2.33. The van der Waals surface area contributed by atoms with E-state index in [0.717, 1.165) is 30.9 Å². The standard InChI is InChI=1S/C18H22N2O/c1-13(15-7-3-4-9-18(15)21-2)20-11-10-16-14(12-20)6-5-8-17(16)19/h3-9,13H,10-12,19H2,1-2H3. The molecule has 2 N–H and O–H groups in total. The molecule has 1 unspecified atom stereocenters. The molecule has 0 aliphatic carbocycles. The van der Waals surface area contributed by atoms with Crippen LogP contribution in [0.25, 0.3) is 0 Å². The van der Waals surface area contributed by atoms with Gasteiger partial charge in [0.25, 0.3) is 0 Å². The Morgan fingerprint density at radius 3 is 2.76 bits per heavy atom. The van der Waals surface area contributed by atoms with Gasteiger partial charge >= 0.3 is 0 Å². The van der Waals surface area contributed by atoms with Crippen LogP contribution in [0.4, 0.5) is 5.69 Å². The molecule has 0 saturated carbocycles. The third kappa shape index (κ3) is 2.61. The van der Waals surface area contributed by atoms with Crippen LogP contribution in [-0.4, -0.2) is 18.6 Å². The predicted octanol–water partition coefficient (Wildman–Crippen LogP) is 3.40. The van der Waals surface area contributed by atoms with Crippen LogP contribution in [0.3, 0.4) is 0 Å². The second-order valence-electron chi connectivity index (χ2n) is 5.62. The van der Waals surface area contributed by atoms with E-state index in [1.807, 2.05) is 24.3 Å². The third-order valence-corrected chi connectivity index (χ3v) is 4.47. The van der Waals surface area contributed by atoms with Crippen LogP contribution in [0.15, 0.2) is 42.5 Å². The van der Waals surface area contributed by atoms with Gasteiger partial charge < -0.3 is 10.5 Å². The van der Waals surface area contributed by atoms with Gasteiger partial charge in [-0.3, -0.25) is 4.90 Å². The normalized spacial score (nSPS) is 16.3. The summed E-state index contributed by atoms with van der Waals surface area (Å²) in [5.41, 5.74) is 10.9. The van der Waals surface area contributed by atoms with Crippen LogP contribution >= 0.6 is 0 Å². The average molecular weight is 282 g/mol. The van der Waals surface area contributed by atoms with Crippen molar-refractivity contribution in [2.45, 2.75) is 25.9 Å². The number of para-hydroxylation sites is 1.